The zero-order valence-electron chi connectivity index (χ0n) is 7.07. The van der Waals surface area contributed by atoms with Crippen LogP contribution in [0, 0.1) is 0 Å². The molecule has 0 saturated heterocycles. The number of rotatable bonds is 1. The Kier molecular flexibility index (Phi) is 2.49. The van der Waals surface area contributed by atoms with Gasteiger partial charge in [-0.15, -0.1) is 0 Å². The second-order valence-electron chi connectivity index (χ2n) is 3.04. The predicted molar refractivity (Wildman–Crippen MR) is 60.0 cm³/mol. The number of halogens is 2. The topological polar surface area (TPSA) is 37.4 Å². The summed E-state index contributed by atoms with van der Waals surface area (Å²) in [6.45, 7) is 0.428. The molecule has 0 N–H and O–H groups in total. The third-order valence-electron chi connectivity index (χ3n) is 2.16. The van der Waals surface area contributed by atoms with Crippen LogP contribution in [0.1, 0.15) is 5.56 Å². The second-order valence-corrected chi connectivity index (χ2v) is 6.39. The van der Waals surface area contributed by atoms with Crippen molar-refractivity contribution in [3.05, 3.63) is 28.2 Å². The molecule has 6 heteroatoms. The largest absolute Gasteiger partial charge is 0.321 e. The third-order valence-corrected chi connectivity index (χ3v) is 4.06. The van der Waals surface area contributed by atoms with Gasteiger partial charge in [0.05, 0.1) is 5.69 Å². The van der Waals surface area contributed by atoms with Crippen LogP contribution < -0.4 is 4.31 Å². The van der Waals surface area contributed by atoms with Crippen LogP contribution in [0.3, 0.4) is 0 Å². The van der Waals surface area contributed by atoms with Crippen molar-refractivity contribution in [3.63, 3.8) is 0 Å². The normalized spacial score (nSPS) is 15.7. The number of hydrogen-bond acceptors (Lipinski definition) is 2. The minimum atomic E-state index is -3.64. The summed E-state index contributed by atoms with van der Waals surface area (Å²) in [6, 6.07) is 5.48. The molecule has 3 nitrogen and oxygen atoms in total. The average molecular weight is 297 g/mol. The van der Waals surface area contributed by atoms with E-state index in [1.807, 2.05) is 6.07 Å². The molecule has 0 amide bonds. The molecule has 1 aliphatic heterocycles. The van der Waals surface area contributed by atoms with Gasteiger partial charge in [0.2, 0.25) is 0 Å². The highest BCUT2D eigenvalue weighted by Crippen LogP contribution is 2.33. The highest BCUT2D eigenvalue weighted by molar-refractivity contribution is 9.10. The van der Waals surface area contributed by atoms with Crippen LogP contribution in [0.5, 0.6) is 0 Å². The van der Waals surface area contributed by atoms with Crippen LogP contribution in [-0.4, -0.2) is 15.0 Å². The maximum Gasteiger partial charge on any atom is 0.321 e. The van der Waals surface area contributed by atoms with E-state index in [1.165, 1.54) is 4.31 Å². The Balaban J connectivity index is 2.51. The Bertz CT molecular complexity index is 474. The molecular weight excluding hydrogens is 290 g/mol. The maximum atomic E-state index is 11.2. The summed E-state index contributed by atoms with van der Waals surface area (Å²) in [5.41, 5.74) is 1.69. The fourth-order valence-corrected chi connectivity index (χ4v) is 3.13. The van der Waals surface area contributed by atoms with Gasteiger partial charge in [-0.2, -0.15) is 8.42 Å². The first kappa shape index (κ1) is 10.3. The fourth-order valence-electron chi connectivity index (χ4n) is 1.57. The molecule has 2 rings (SSSR count). The van der Waals surface area contributed by atoms with Crippen LogP contribution in [0.25, 0.3) is 0 Å². The molecule has 1 aromatic carbocycles. The number of hydrogen-bond donors (Lipinski definition) is 0. The summed E-state index contributed by atoms with van der Waals surface area (Å²) in [5.74, 6) is 0. The summed E-state index contributed by atoms with van der Waals surface area (Å²) in [6.07, 6.45) is 0.709. The Morgan fingerprint density at radius 1 is 1.43 bits per heavy atom. The van der Waals surface area contributed by atoms with E-state index in [4.69, 9.17) is 10.7 Å². The van der Waals surface area contributed by atoms with Crippen LogP contribution >= 0.6 is 26.6 Å². The van der Waals surface area contributed by atoms with Crippen molar-refractivity contribution >= 4 is 41.5 Å². The molecule has 14 heavy (non-hydrogen) atoms. The van der Waals surface area contributed by atoms with Crippen LogP contribution in [0.15, 0.2) is 22.7 Å². The van der Waals surface area contributed by atoms with Crippen molar-refractivity contribution in [3.8, 4) is 0 Å². The molecule has 0 bridgehead atoms. The minimum absolute atomic E-state index is 0.428. The fraction of sp³-hybridized carbons (Fsp3) is 0.250. The standard InChI is InChI=1S/C8H7BrClNO2S/c9-7-1-2-8-6(5-7)3-4-11(8)14(10,12)13/h1-2,5H,3-4H2. The molecule has 1 aromatic rings. The lowest BCUT2D eigenvalue weighted by Gasteiger charge is -2.13. The van der Waals surface area contributed by atoms with Crippen LogP contribution in [0.2, 0.25) is 0 Å². The quantitative estimate of drug-likeness (QED) is 0.746. The van der Waals surface area contributed by atoms with Gasteiger partial charge in [-0.25, -0.2) is 0 Å². The first-order chi connectivity index (χ1) is 6.48. The lowest BCUT2D eigenvalue weighted by Crippen LogP contribution is -2.24. The molecule has 0 aliphatic carbocycles. The molecule has 0 fully saturated rings. The van der Waals surface area contributed by atoms with Crippen molar-refractivity contribution in [1.29, 1.82) is 0 Å². The van der Waals surface area contributed by atoms with Crippen molar-refractivity contribution in [1.82, 2.24) is 0 Å². The molecule has 0 saturated carbocycles. The maximum absolute atomic E-state index is 11.2. The van der Waals surface area contributed by atoms with E-state index < -0.39 is 9.24 Å². The Morgan fingerprint density at radius 3 is 2.79 bits per heavy atom. The van der Waals surface area contributed by atoms with Crippen molar-refractivity contribution in [2.75, 3.05) is 10.8 Å². The van der Waals surface area contributed by atoms with E-state index in [-0.39, 0.29) is 0 Å². The van der Waals surface area contributed by atoms with Gasteiger partial charge in [0, 0.05) is 21.7 Å². The monoisotopic (exact) mass is 295 g/mol. The summed E-state index contributed by atoms with van der Waals surface area (Å²) < 4.78 is 24.5. The van der Waals surface area contributed by atoms with Crippen LogP contribution in [0.4, 0.5) is 5.69 Å². The van der Waals surface area contributed by atoms with E-state index >= 15 is 0 Å². The summed E-state index contributed by atoms with van der Waals surface area (Å²) in [5, 5.41) is 0. The molecule has 1 aliphatic rings. The minimum Gasteiger partial charge on any atom is -0.257 e. The van der Waals surface area contributed by atoms with Gasteiger partial charge in [0.1, 0.15) is 0 Å². The zero-order chi connectivity index (χ0) is 10.3. The van der Waals surface area contributed by atoms with E-state index in [9.17, 15) is 8.42 Å². The Morgan fingerprint density at radius 2 is 2.14 bits per heavy atom. The van der Waals surface area contributed by atoms with Crippen LogP contribution in [-0.2, 0) is 15.7 Å². The van der Waals surface area contributed by atoms with Gasteiger partial charge >= 0.3 is 9.24 Å². The van der Waals surface area contributed by atoms with Crippen molar-refractivity contribution in [2.24, 2.45) is 0 Å². The van der Waals surface area contributed by atoms with Gasteiger partial charge in [-0.3, -0.25) is 4.31 Å². The summed E-state index contributed by atoms with van der Waals surface area (Å²) in [7, 11) is 1.65. The van der Waals surface area contributed by atoms with Crippen molar-refractivity contribution in [2.45, 2.75) is 6.42 Å². The molecule has 76 valence electrons. The predicted octanol–water partition coefficient (Wildman–Crippen LogP) is 2.30. The van der Waals surface area contributed by atoms with Gasteiger partial charge in [0.15, 0.2) is 0 Å². The lowest BCUT2D eigenvalue weighted by molar-refractivity contribution is 0.606. The van der Waals surface area contributed by atoms with Gasteiger partial charge in [0.25, 0.3) is 0 Å². The molecule has 0 aromatic heterocycles. The average Bonchev–Trinajstić information content (AvgIpc) is 2.45. The number of anilines is 1. The first-order valence-corrected chi connectivity index (χ1v) is 7.05. The number of nitrogens with zero attached hydrogens (tertiary/aromatic N) is 1. The van der Waals surface area contributed by atoms with Crippen molar-refractivity contribution < 1.29 is 8.42 Å². The van der Waals surface area contributed by atoms with E-state index in [0.717, 1.165) is 10.0 Å². The van der Waals surface area contributed by atoms with Gasteiger partial charge in [-0.05, 0) is 30.2 Å². The molecule has 0 atom stereocenters. The molecule has 0 radical (unpaired) electrons. The molecule has 0 spiro atoms. The smallest absolute Gasteiger partial charge is 0.257 e. The Labute approximate surface area is 95.4 Å². The molecular formula is C8H7BrClNO2S. The highest BCUT2D eigenvalue weighted by Gasteiger charge is 2.27. The highest BCUT2D eigenvalue weighted by atomic mass is 79.9. The lowest BCUT2D eigenvalue weighted by atomic mass is 10.2. The molecule has 0 unspecified atom stereocenters. The van der Waals surface area contributed by atoms with E-state index in [1.54, 1.807) is 12.1 Å². The summed E-state index contributed by atoms with van der Waals surface area (Å²) in [4.78, 5) is 0. The zero-order valence-corrected chi connectivity index (χ0v) is 10.2. The third kappa shape index (κ3) is 1.76. The number of benzene rings is 1. The Hall–Kier alpha value is -0.260. The molecule has 1 heterocycles. The van der Waals surface area contributed by atoms with E-state index in [2.05, 4.69) is 15.9 Å². The second kappa shape index (κ2) is 3.40. The number of fused-ring (bicyclic) bond motifs is 1. The summed E-state index contributed by atoms with van der Waals surface area (Å²) >= 11 is 3.33. The SMILES string of the molecule is O=S(=O)(Cl)N1CCc2cc(Br)ccc21. The van der Waals surface area contributed by atoms with E-state index in [0.29, 0.717) is 18.7 Å². The first-order valence-electron chi connectivity index (χ1n) is 3.99. The van der Waals surface area contributed by atoms with Gasteiger partial charge < -0.3 is 0 Å². The van der Waals surface area contributed by atoms with Gasteiger partial charge in [-0.1, -0.05) is 15.9 Å².